The molecular formula is C13H13F3N2S. The maximum Gasteiger partial charge on any atom is 0.416 e. The van der Waals surface area contributed by atoms with Crippen LogP contribution >= 0.6 is 11.3 Å². The van der Waals surface area contributed by atoms with Crippen LogP contribution in [0.5, 0.6) is 0 Å². The van der Waals surface area contributed by atoms with Gasteiger partial charge in [0.1, 0.15) is 5.01 Å². The van der Waals surface area contributed by atoms with Gasteiger partial charge in [0, 0.05) is 22.7 Å². The molecular weight excluding hydrogens is 273 g/mol. The average molecular weight is 286 g/mol. The first kappa shape index (κ1) is 14.0. The van der Waals surface area contributed by atoms with Gasteiger partial charge < -0.3 is 5.73 Å². The van der Waals surface area contributed by atoms with Gasteiger partial charge in [-0.1, -0.05) is 12.1 Å². The van der Waals surface area contributed by atoms with E-state index in [4.69, 9.17) is 5.73 Å². The van der Waals surface area contributed by atoms with E-state index in [0.717, 1.165) is 17.0 Å². The van der Waals surface area contributed by atoms with Crippen LogP contribution < -0.4 is 5.73 Å². The van der Waals surface area contributed by atoms with Crippen molar-refractivity contribution >= 4 is 11.3 Å². The number of nitrogens with zero attached hydrogens (tertiary/aromatic N) is 1. The molecule has 19 heavy (non-hydrogen) atoms. The highest BCUT2D eigenvalue weighted by Gasteiger charge is 2.30. The summed E-state index contributed by atoms with van der Waals surface area (Å²) in [5.74, 6) is 0. The second kappa shape index (κ2) is 5.30. The Hall–Kier alpha value is -1.40. The Morgan fingerprint density at radius 2 is 2.11 bits per heavy atom. The van der Waals surface area contributed by atoms with Crippen molar-refractivity contribution in [1.82, 2.24) is 4.98 Å². The molecule has 102 valence electrons. The molecule has 0 aliphatic carbocycles. The summed E-state index contributed by atoms with van der Waals surface area (Å²) in [6.45, 7) is 1.88. The van der Waals surface area contributed by atoms with Crippen LogP contribution in [0.25, 0.3) is 10.6 Å². The molecule has 0 saturated carbocycles. The molecule has 1 unspecified atom stereocenters. The molecule has 1 aromatic heterocycles. The topological polar surface area (TPSA) is 38.9 Å². The summed E-state index contributed by atoms with van der Waals surface area (Å²) < 4.78 is 37.9. The molecule has 2 aromatic rings. The van der Waals surface area contributed by atoms with Gasteiger partial charge >= 0.3 is 6.18 Å². The summed E-state index contributed by atoms with van der Waals surface area (Å²) in [5.41, 5.74) is 5.51. The first-order valence-corrected chi connectivity index (χ1v) is 6.56. The second-order valence-corrected chi connectivity index (χ2v) is 5.51. The number of nitrogens with two attached hydrogens (primary N) is 1. The highest BCUT2D eigenvalue weighted by molar-refractivity contribution is 7.15. The molecule has 1 atom stereocenters. The molecule has 2 nitrogen and oxygen atoms in total. The van der Waals surface area contributed by atoms with Crippen LogP contribution in [0.2, 0.25) is 0 Å². The number of alkyl halides is 3. The molecule has 0 bridgehead atoms. The lowest BCUT2D eigenvalue weighted by molar-refractivity contribution is -0.137. The van der Waals surface area contributed by atoms with Crippen LogP contribution in [0.3, 0.4) is 0 Å². The van der Waals surface area contributed by atoms with E-state index in [-0.39, 0.29) is 6.04 Å². The fourth-order valence-corrected chi connectivity index (χ4v) is 2.73. The number of hydrogen-bond donors (Lipinski definition) is 1. The fraction of sp³-hybridized carbons (Fsp3) is 0.308. The largest absolute Gasteiger partial charge is 0.416 e. The lowest BCUT2D eigenvalue weighted by atomic mass is 10.1. The van der Waals surface area contributed by atoms with Crippen molar-refractivity contribution in [2.24, 2.45) is 5.73 Å². The van der Waals surface area contributed by atoms with Gasteiger partial charge in [-0.15, -0.1) is 11.3 Å². The molecule has 0 amide bonds. The van der Waals surface area contributed by atoms with Gasteiger partial charge in [0.2, 0.25) is 0 Å². The van der Waals surface area contributed by atoms with E-state index in [0.29, 0.717) is 17.0 Å². The molecule has 0 fully saturated rings. The lowest BCUT2D eigenvalue weighted by Gasteiger charge is -2.07. The average Bonchev–Trinajstić information content (AvgIpc) is 2.76. The minimum Gasteiger partial charge on any atom is -0.328 e. The predicted molar refractivity (Wildman–Crippen MR) is 69.9 cm³/mol. The molecule has 1 heterocycles. The molecule has 6 heteroatoms. The number of halogens is 3. The summed E-state index contributed by atoms with van der Waals surface area (Å²) in [4.78, 5) is 5.13. The van der Waals surface area contributed by atoms with E-state index >= 15 is 0 Å². The summed E-state index contributed by atoms with van der Waals surface area (Å²) in [5, 5.41) is 0.585. The first-order valence-electron chi connectivity index (χ1n) is 5.74. The number of rotatable bonds is 3. The third kappa shape index (κ3) is 3.54. The lowest BCUT2D eigenvalue weighted by Crippen LogP contribution is -2.16. The van der Waals surface area contributed by atoms with Crippen molar-refractivity contribution in [3.8, 4) is 10.6 Å². The third-order valence-corrected chi connectivity index (χ3v) is 3.58. The van der Waals surface area contributed by atoms with Crippen molar-refractivity contribution in [3.63, 3.8) is 0 Å². The van der Waals surface area contributed by atoms with Crippen LogP contribution in [0, 0.1) is 0 Å². The first-order chi connectivity index (χ1) is 8.86. The minimum atomic E-state index is -4.33. The zero-order valence-electron chi connectivity index (χ0n) is 10.2. The predicted octanol–water partition coefficient (Wildman–Crippen LogP) is 3.72. The number of hydrogen-bond acceptors (Lipinski definition) is 3. The number of aromatic nitrogens is 1. The molecule has 0 spiro atoms. The molecule has 0 saturated heterocycles. The van der Waals surface area contributed by atoms with Gasteiger partial charge in [0.15, 0.2) is 0 Å². The quantitative estimate of drug-likeness (QED) is 0.934. The third-order valence-electron chi connectivity index (χ3n) is 2.51. The number of thiazole rings is 1. The number of benzene rings is 1. The smallest absolute Gasteiger partial charge is 0.328 e. The summed E-state index contributed by atoms with van der Waals surface area (Å²) >= 11 is 1.38. The molecule has 0 aliphatic rings. The van der Waals surface area contributed by atoms with E-state index in [2.05, 4.69) is 4.98 Å². The van der Waals surface area contributed by atoms with Gasteiger partial charge in [-0.2, -0.15) is 13.2 Å². The van der Waals surface area contributed by atoms with Crippen LogP contribution in [0.1, 0.15) is 17.4 Å². The Bertz CT molecular complexity index is 561. The van der Waals surface area contributed by atoms with Crippen molar-refractivity contribution in [3.05, 3.63) is 40.9 Å². The van der Waals surface area contributed by atoms with Crippen molar-refractivity contribution in [2.45, 2.75) is 25.6 Å². The summed E-state index contributed by atoms with van der Waals surface area (Å²) in [6.07, 6.45) is -1.98. The Kier molecular flexibility index (Phi) is 3.91. The van der Waals surface area contributed by atoms with Gasteiger partial charge in [0.05, 0.1) is 5.56 Å². The van der Waals surface area contributed by atoms with Crippen LogP contribution in [0.4, 0.5) is 13.2 Å². The van der Waals surface area contributed by atoms with Crippen molar-refractivity contribution < 1.29 is 13.2 Å². The maximum absolute atomic E-state index is 12.6. The molecule has 0 radical (unpaired) electrons. The molecule has 1 aromatic carbocycles. The van der Waals surface area contributed by atoms with E-state index < -0.39 is 11.7 Å². The van der Waals surface area contributed by atoms with Crippen LogP contribution in [0.15, 0.2) is 30.5 Å². The Balaban J connectivity index is 2.29. The van der Waals surface area contributed by atoms with Crippen LogP contribution in [-0.4, -0.2) is 11.0 Å². The normalized spacial score (nSPS) is 13.5. The molecule has 2 rings (SSSR count). The van der Waals surface area contributed by atoms with Crippen molar-refractivity contribution in [2.75, 3.05) is 0 Å². The van der Waals surface area contributed by atoms with E-state index in [1.54, 1.807) is 12.3 Å². The Morgan fingerprint density at radius 3 is 2.74 bits per heavy atom. The zero-order valence-corrected chi connectivity index (χ0v) is 11.1. The fourth-order valence-electron chi connectivity index (χ4n) is 1.68. The standard InChI is InChI=1S/C13H13F3N2S/c1-8(17)5-11-7-18-12(19-11)9-3-2-4-10(6-9)13(14,15)16/h2-4,6-8H,5,17H2,1H3. The zero-order chi connectivity index (χ0) is 14.0. The summed E-state index contributed by atoms with van der Waals surface area (Å²) in [7, 11) is 0. The van der Waals surface area contributed by atoms with E-state index in [9.17, 15) is 13.2 Å². The molecule has 0 aliphatic heterocycles. The van der Waals surface area contributed by atoms with Gasteiger partial charge in [-0.05, 0) is 25.5 Å². The van der Waals surface area contributed by atoms with Crippen molar-refractivity contribution in [1.29, 1.82) is 0 Å². The second-order valence-electron chi connectivity index (χ2n) is 4.39. The van der Waals surface area contributed by atoms with Gasteiger partial charge in [0.25, 0.3) is 0 Å². The highest BCUT2D eigenvalue weighted by Crippen LogP contribution is 2.33. The highest BCUT2D eigenvalue weighted by atomic mass is 32.1. The monoisotopic (exact) mass is 286 g/mol. The van der Waals surface area contributed by atoms with Gasteiger partial charge in [-0.25, -0.2) is 4.98 Å². The SMILES string of the molecule is CC(N)Cc1cnc(-c2cccc(C(F)(F)F)c2)s1. The molecule has 2 N–H and O–H groups in total. The summed E-state index contributed by atoms with van der Waals surface area (Å²) in [6, 6.07) is 5.21. The van der Waals surface area contributed by atoms with Gasteiger partial charge in [-0.3, -0.25) is 0 Å². The van der Waals surface area contributed by atoms with E-state index in [1.165, 1.54) is 17.4 Å². The Labute approximate surface area is 113 Å². The minimum absolute atomic E-state index is 0.00908. The van der Waals surface area contributed by atoms with E-state index in [1.807, 2.05) is 6.92 Å². The Morgan fingerprint density at radius 1 is 1.37 bits per heavy atom. The van der Waals surface area contributed by atoms with Crippen LogP contribution in [-0.2, 0) is 12.6 Å². The maximum atomic E-state index is 12.6.